The Balaban J connectivity index is 3.01. The van der Waals surface area contributed by atoms with Crippen LogP contribution in [-0.4, -0.2) is 48.7 Å². The van der Waals surface area contributed by atoms with Crippen LogP contribution >= 0.6 is 27.7 Å². The van der Waals surface area contributed by atoms with E-state index in [1.165, 1.54) is 37.9 Å². The zero-order chi connectivity index (χ0) is 19.0. The van der Waals surface area contributed by atoms with Gasteiger partial charge < -0.3 is 15.4 Å². The molecular formula is C16H19BrN2O5S. The van der Waals surface area contributed by atoms with Gasteiger partial charge in [-0.15, -0.1) is 0 Å². The lowest BCUT2D eigenvalue weighted by atomic mass is 10.1. The smallest absolute Gasteiger partial charge is 0.328 e. The van der Waals surface area contributed by atoms with E-state index in [-0.39, 0.29) is 17.2 Å². The van der Waals surface area contributed by atoms with Gasteiger partial charge in [0.25, 0.3) is 11.7 Å². The molecule has 0 aromatic heterocycles. The molecule has 0 saturated carbocycles. The first-order valence-electron chi connectivity index (χ1n) is 7.29. The van der Waals surface area contributed by atoms with Crippen molar-refractivity contribution in [2.24, 2.45) is 0 Å². The zero-order valence-electron chi connectivity index (χ0n) is 14.1. The number of ether oxygens (including phenoxy) is 1. The molecule has 1 rings (SSSR count). The topological polar surface area (TPSA) is 102 Å². The van der Waals surface area contributed by atoms with E-state index in [2.05, 4.69) is 31.3 Å². The van der Waals surface area contributed by atoms with E-state index in [4.69, 9.17) is 0 Å². The van der Waals surface area contributed by atoms with Crippen molar-refractivity contribution in [1.29, 1.82) is 0 Å². The molecule has 0 aliphatic carbocycles. The Morgan fingerprint density at radius 2 is 1.96 bits per heavy atom. The number of halogens is 1. The first-order valence-corrected chi connectivity index (χ1v) is 9.48. The molecule has 2 N–H and O–H groups in total. The van der Waals surface area contributed by atoms with Gasteiger partial charge in [0.1, 0.15) is 6.04 Å². The van der Waals surface area contributed by atoms with Crippen molar-refractivity contribution in [3.8, 4) is 0 Å². The summed E-state index contributed by atoms with van der Waals surface area (Å²) in [7, 11) is 1.21. The quantitative estimate of drug-likeness (QED) is 0.371. The fourth-order valence-corrected chi connectivity index (χ4v) is 2.81. The highest BCUT2D eigenvalue weighted by atomic mass is 79.9. The number of benzene rings is 1. The minimum atomic E-state index is -0.943. The van der Waals surface area contributed by atoms with Gasteiger partial charge in [0.2, 0.25) is 5.91 Å². The second kappa shape index (κ2) is 10.2. The van der Waals surface area contributed by atoms with Gasteiger partial charge in [-0.05, 0) is 36.6 Å². The molecule has 9 heteroatoms. The minimum absolute atomic E-state index is 0.0237. The van der Waals surface area contributed by atoms with Crippen LogP contribution in [0.4, 0.5) is 5.69 Å². The summed E-state index contributed by atoms with van der Waals surface area (Å²) in [6.45, 7) is 1.30. The van der Waals surface area contributed by atoms with Gasteiger partial charge in [0, 0.05) is 11.4 Å². The van der Waals surface area contributed by atoms with E-state index in [9.17, 15) is 19.2 Å². The number of esters is 1. The first kappa shape index (κ1) is 21.2. The van der Waals surface area contributed by atoms with Crippen molar-refractivity contribution in [1.82, 2.24) is 5.32 Å². The molecule has 0 unspecified atom stereocenters. The molecule has 136 valence electrons. The molecule has 0 bridgehead atoms. The SMILES string of the molecule is COC(=O)[C@H](CCSC)NC(=O)C(=O)c1cc(Br)ccc1NC(C)=O. The number of amides is 2. The number of Topliss-reactive ketones (excluding diaryl/α,β-unsaturated/α-hetero) is 1. The van der Waals surface area contributed by atoms with Crippen molar-refractivity contribution >= 4 is 56.9 Å². The highest BCUT2D eigenvalue weighted by Gasteiger charge is 2.27. The first-order chi connectivity index (χ1) is 11.8. The Morgan fingerprint density at radius 1 is 1.28 bits per heavy atom. The summed E-state index contributed by atoms with van der Waals surface area (Å²) in [5, 5.41) is 4.90. The van der Waals surface area contributed by atoms with Crippen LogP contribution in [0.1, 0.15) is 23.7 Å². The van der Waals surface area contributed by atoms with Crippen LogP contribution < -0.4 is 10.6 Å². The molecule has 7 nitrogen and oxygen atoms in total. The average molecular weight is 431 g/mol. The molecule has 0 spiro atoms. The van der Waals surface area contributed by atoms with Crippen LogP contribution in [-0.2, 0) is 19.1 Å². The number of ketones is 1. The molecule has 25 heavy (non-hydrogen) atoms. The highest BCUT2D eigenvalue weighted by molar-refractivity contribution is 9.10. The molecule has 1 aromatic rings. The largest absolute Gasteiger partial charge is 0.467 e. The summed E-state index contributed by atoms with van der Waals surface area (Å²) in [6, 6.07) is 3.67. The summed E-state index contributed by atoms with van der Waals surface area (Å²) in [6.07, 6.45) is 2.20. The summed E-state index contributed by atoms with van der Waals surface area (Å²) in [4.78, 5) is 47.8. The van der Waals surface area contributed by atoms with Gasteiger partial charge >= 0.3 is 5.97 Å². The van der Waals surface area contributed by atoms with E-state index in [1.54, 1.807) is 6.07 Å². The van der Waals surface area contributed by atoms with Gasteiger partial charge in [0.15, 0.2) is 0 Å². The summed E-state index contributed by atoms with van der Waals surface area (Å²) >= 11 is 4.73. The normalized spacial score (nSPS) is 11.4. The fourth-order valence-electron chi connectivity index (χ4n) is 1.98. The lowest BCUT2D eigenvalue weighted by Gasteiger charge is -2.16. The minimum Gasteiger partial charge on any atom is -0.467 e. The van der Waals surface area contributed by atoms with E-state index < -0.39 is 23.7 Å². The second-order valence-electron chi connectivity index (χ2n) is 5.03. The van der Waals surface area contributed by atoms with Gasteiger partial charge in [0.05, 0.1) is 18.4 Å². The van der Waals surface area contributed by atoms with Crippen LogP contribution in [0.5, 0.6) is 0 Å². The third kappa shape index (κ3) is 6.50. The summed E-state index contributed by atoms with van der Waals surface area (Å²) in [5.41, 5.74) is 0.241. The number of thioether (sulfide) groups is 1. The Labute approximate surface area is 158 Å². The Bertz CT molecular complexity index is 680. The fraction of sp³-hybridized carbons (Fsp3) is 0.375. The molecule has 2 amide bonds. The van der Waals surface area contributed by atoms with Crippen LogP contribution in [0, 0.1) is 0 Å². The number of carbonyl (C=O) groups is 4. The molecule has 1 aromatic carbocycles. The molecule has 0 aliphatic heterocycles. The molecule has 0 radical (unpaired) electrons. The molecule has 0 saturated heterocycles. The maximum Gasteiger partial charge on any atom is 0.328 e. The monoisotopic (exact) mass is 430 g/mol. The predicted molar refractivity (Wildman–Crippen MR) is 99.7 cm³/mol. The van der Waals surface area contributed by atoms with E-state index >= 15 is 0 Å². The Hall–Kier alpha value is -1.87. The molecule has 1 atom stereocenters. The second-order valence-corrected chi connectivity index (χ2v) is 6.93. The molecule has 0 heterocycles. The maximum atomic E-state index is 12.5. The Kier molecular flexibility index (Phi) is 8.64. The van der Waals surface area contributed by atoms with Gasteiger partial charge in [-0.1, -0.05) is 15.9 Å². The lowest BCUT2D eigenvalue weighted by Crippen LogP contribution is -2.45. The lowest BCUT2D eigenvalue weighted by molar-refractivity contribution is -0.144. The van der Waals surface area contributed by atoms with Gasteiger partial charge in [-0.2, -0.15) is 11.8 Å². The van der Waals surface area contributed by atoms with Crippen LogP contribution in [0.3, 0.4) is 0 Å². The average Bonchev–Trinajstić information content (AvgIpc) is 2.58. The van der Waals surface area contributed by atoms with Crippen molar-refractivity contribution in [3.05, 3.63) is 28.2 Å². The van der Waals surface area contributed by atoms with Crippen LogP contribution in [0.15, 0.2) is 22.7 Å². The van der Waals surface area contributed by atoms with Crippen molar-refractivity contribution in [2.45, 2.75) is 19.4 Å². The number of carbonyl (C=O) groups excluding carboxylic acids is 4. The number of nitrogens with one attached hydrogen (secondary N) is 2. The summed E-state index contributed by atoms with van der Waals surface area (Å²) in [5.74, 6) is -2.18. The van der Waals surface area contributed by atoms with Crippen molar-refractivity contribution in [3.63, 3.8) is 0 Å². The third-order valence-electron chi connectivity index (χ3n) is 3.14. The zero-order valence-corrected chi connectivity index (χ0v) is 16.5. The number of hydrogen-bond donors (Lipinski definition) is 2. The maximum absolute atomic E-state index is 12.5. The predicted octanol–water partition coefficient (Wildman–Crippen LogP) is 2.00. The Morgan fingerprint density at radius 3 is 2.52 bits per heavy atom. The van der Waals surface area contributed by atoms with Crippen LogP contribution in [0.25, 0.3) is 0 Å². The number of anilines is 1. The molecule has 0 aliphatic rings. The van der Waals surface area contributed by atoms with Gasteiger partial charge in [-0.3, -0.25) is 14.4 Å². The summed E-state index contributed by atoms with van der Waals surface area (Å²) < 4.78 is 5.23. The molecule has 0 fully saturated rings. The highest BCUT2D eigenvalue weighted by Crippen LogP contribution is 2.22. The van der Waals surface area contributed by atoms with Crippen molar-refractivity contribution < 1.29 is 23.9 Å². The van der Waals surface area contributed by atoms with Crippen molar-refractivity contribution in [2.75, 3.05) is 24.4 Å². The number of rotatable bonds is 8. The molecular weight excluding hydrogens is 412 g/mol. The van der Waals surface area contributed by atoms with E-state index in [1.807, 2.05) is 6.26 Å². The van der Waals surface area contributed by atoms with E-state index in [0.717, 1.165) is 0 Å². The van der Waals surface area contributed by atoms with Gasteiger partial charge in [-0.25, -0.2) is 4.79 Å². The number of methoxy groups -OCH3 is 1. The van der Waals surface area contributed by atoms with E-state index in [0.29, 0.717) is 16.6 Å². The third-order valence-corrected chi connectivity index (χ3v) is 4.28. The van der Waals surface area contributed by atoms with Crippen LogP contribution in [0.2, 0.25) is 0 Å². The standard InChI is InChI=1S/C16H19BrN2O5S/c1-9(20)18-12-5-4-10(17)8-11(12)14(21)15(22)19-13(6-7-25-3)16(23)24-2/h4-5,8,13H,6-7H2,1-3H3,(H,18,20)(H,19,22)/t13-/m0/s1. The number of hydrogen-bond acceptors (Lipinski definition) is 6.